The zero-order valence-electron chi connectivity index (χ0n) is 37.7. The number of pyridine rings is 2. The molecule has 0 N–H and O–H groups in total. The van der Waals surface area contributed by atoms with Gasteiger partial charge in [0.25, 0.3) is 0 Å². The van der Waals surface area contributed by atoms with Gasteiger partial charge in [0, 0.05) is 42.8 Å². The van der Waals surface area contributed by atoms with Crippen LogP contribution in [0, 0.1) is 12.8 Å². The van der Waals surface area contributed by atoms with Crippen LogP contribution >= 0.6 is 0 Å². The molecule has 3 fully saturated rings. The average Bonchev–Trinajstić information content (AvgIpc) is 3.37. The summed E-state index contributed by atoms with van der Waals surface area (Å²) in [6.07, 6.45) is 9.65. The molecule has 3 aliphatic rings. The standard InChI is InChI=1S/C57H54N4O6/c1-39-11-13-40(14-12-39)33-61-54(36-65-38-57(61)63)47-29-46(30-58-31-47)42-19-24-50(25-20-42)67-55-10-6-5-9-51(55)43-17-15-41(16-18-43)34-60-53(35-64-37-56(60)62)45-23-28-52(59-32-45)44-21-26-49(27-22-44)66-48-7-3-2-4-8-48/h2-14,19-32,41,43,53-54H,15-18,33-38H2,1H3. The highest BCUT2D eigenvalue weighted by molar-refractivity contribution is 5.79. The lowest BCUT2D eigenvalue weighted by atomic mass is 9.78. The molecule has 1 saturated carbocycles. The summed E-state index contributed by atoms with van der Waals surface area (Å²) in [5, 5.41) is 0. The van der Waals surface area contributed by atoms with Gasteiger partial charge in [-0.1, -0.05) is 84.4 Å². The number of carbonyl (C=O) groups excluding carboxylic acids is 2. The van der Waals surface area contributed by atoms with Crippen molar-refractivity contribution in [3.8, 4) is 45.4 Å². The van der Waals surface area contributed by atoms with Gasteiger partial charge in [0.15, 0.2) is 0 Å². The van der Waals surface area contributed by atoms with Crippen molar-refractivity contribution in [1.29, 1.82) is 0 Å². The maximum absolute atomic E-state index is 13.4. The van der Waals surface area contributed by atoms with E-state index >= 15 is 0 Å². The molecule has 0 radical (unpaired) electrons. The van der Waals surface area contributed by atoms with Crippen LogP contribution in [0.4, 0.5) is 0 Å². The van der Waals surface area contributed by atoms with Crippen molar-refractivity contribution < 1.29 is 28.5 Å². The second kappa shape index (κ2) is 20.2. The molecule has 10 nitrogen and oxygen atoms in total. The molecule has 10 heteroatoms. The van der Waals surface area contributed by atoms with Crippen molar-refractivity contribution >= 4 is 11.8 Å². The number of carbonyl (C=O) groups is 2. The molecule has 5 aromatic carbocycles. The molecule has 1 aliphatic carbocycles. The fraction of sp³-hybridized carbons (Fsp3) is 0.263. The quantitative estimate of drug-likeness (QED) is 0.113. The monoisotopic (exact) mass is 890 g/mol. The van der Waals surface area contributed by atoms with E-state index in [9.17, 15) is 9.59 Å². The Kier molecular flexibility index (Phi) is 13.2. The summed E-state index contributed by atoms with van der Waals surface area (Å²) < 4.78 is 24.1. The van der Waals surface area contributed by atoms with Gasteiger partial charge in [0.2, 0.25) is 11.8 Å². The number of morpholine rings is 2. The van der Waals surface area contributed by atoms with Crippen LogP contribution in [0.1, 0.15) is 71.5 Å². The highest BCUT2D eigenvalue weighted by atomic mass is 16.5. The average molecular weight is 891 g/mol. The molecule has 7 aromatic rings. The minimum absolute atomic E-state index is 0.0269. The first-order valence-electron chi connectivity index (χ1n) is 23.3. The van der Waals surface area contributed by atoms with Gasteiger partial charge in [-0.2, -0.15) is 0 Å². The van der Waals surface area contributed by atoms with E-state index in [0.717, 1.165) is 87.8 Å². The van der Waals surface area contributed by atoms with Crippen molar-refractivity contribution in [2.45, 2.75) is 57.2 Å². The molecule has 2 saturated heterocycles. The van der Waals surface area contributed by atoms with Gasteiger partial charge in [0.1, 0.15) is 36.2 Å². The first kappa shape index (κ1) is 43.7. The molecule has 2 aliphatic heterocycles. The molecule has 2 atom stereocenters. The van der Waals surface area contributed by atoms with E-state index in [1.54, 1.807) is 0 Å². The maximum Gasteiger partial charge on any atom is 0.249 e. The molecule has 10 rings (SSSR count). The number of nitrogens with zero attached hydrogens (tertiary/aromatic N) is 4. The zero-order chi connectivity index (χ0) is 45.5. The number of hydrogen-bond acceptors (Lipinski definition) is 8. The summed E-state index contributed by atoms with van der Waals surface area (Å²) in [6, 6.07) is 48.3. The van der Waals surface area contributed by atoms with Gasteiger partial charge in [0.05, 0.1) is 31.0 Å². The summed E-state index contributed by atoms with van der Waals surface area (Å²) in [7, 11) is 0. The van der Waals surface area contributed by atoms with Gasteiger partial charge in [-0.15, -0.1) is 0 Å². The normalized spacial score (nSPS) is 19.8. The van der Waals surface area contributed by atoms with Crippen LogP contribution in [0.5, 0.6) is 23.0 Å². The molecule has 67 heavy (non-hydrogen) atoms. The fourth-order valence-electron chi connectivity index (χ4n) is 9.66. The molecule has 0 spiro atoms. The summed E-state index contributed by atoms with van der Waals surface area (Å²) in [5.41, 5.74) is 9.22. The van der Waals surface area contributed by atoms with Crippen molar-refractivity contribution in [1.82, 2.24) is 19.8 Å². The van der Waals surface area contributed by atoms with E-state index in [4.69, 9.17) is 23.9 Å². The van der Waals surface area contributed by atoms with Gasteiger partial charge < -0.3 is 28.7 Å². The first-order chi connectivity index (χ1) is 32.9. The van der Waals surface area contributed by atoms with Crippen LogP contribution in [-0.4, -0.2) is 64.6 Å². The molecule has 4 heterocycles. The van der Waals surface area contributed by atoms with Crippen molar-refractivity contribution in [3.63, 3.8) is 0 Å². The zero-order valence-corrected chi connectivity index (χ0v) is 37.7. The second-order valence-corrected chi connectivity index (χ2v) is 17.9. The van der Waals surface area contributed by atoms with E-state index in [0.29, 0.717) is 38.1 Å². The summed E-state index contributed by atoms with van der Waals surface area (Å²) in [6.45, 7) is 4.34. The molecular weight excluding hydrogens is 837 g/mol. The lowest BCUT2D eigenvalue weighted by Gasteiger charge is -2.39. The van der Waals surface area contributed by atoms with E-state index in [-0.39, 0.29) is 37.1 Å². The van der Waals surface area contributed by atoms with Crippen LogP contribution in [0.15, 0.2) is 164 Å². The van der Waals surface area contributed by atoms with Crippen LogP contribution in [-0.2, 0) is 25.6 Å². The second-order valence-electron chi connectivity index (χ2n) is 17.9. The van der Waals surface area contributed by atoms with Gasteiger partial charge in [-0.05, 0) is 139 Å². The molecular formula is C57H54N4O6. The van der Waals surface area contributed by atoms with Crippen LogP contribution < -0.4 is 9.47 Å². The first-order valence-corrected chi connectivity index (χ1v) is 23.3. The minimum atomic E-state index is -0.234. The van der Waals surface area contributed by atoms with Crippen molar-refractivity contribution in [2.75, 3.05) is 33.0 Å². The SMILES string of the molecule is Cc1ccc(CN2C(=O)COCC2c2cncc(-c3ccc(Oc4ccccc4C4CCC(CN5C(=O)COCC5c5ccc(-c6ccc(Oc7ccccc7)cc6)nc5)CC4)cc3)c2)cc1. The fourth-order valence-corrected chi connectivity index (χ4v) is 9.66. The van der Waals surface area contributed by atoms with Gasteiger partial charge >= 0.3 is 0 Å². The number of aryl methyl sites for hydroxylation is 1. The maximum atomic E-state index is 13.4. The van der Waals surface area contributed by atoms with E-state index < -0.39 is 0 Å². The highest BCUT2D eigenvalue weighted by Gasteiger charge is 2.34. The molecule has 2 amide bonds. The number of amides is 2. The number of benzene rings is 5. The number of aromatic nitrogens is 2. The van der Waals surface area contributed by atoms with Crippen molar-refractivity contribution in [2.24, 2.45) is 5.92 Å². The number of para-hydroxylation sites is 2. The van der Waals surface area contributed by atoms with Crippen LogP contribution in [0.2, 0.25) is 0 Å². The Hall–Kier alpha value is -7.14. The Labute approximate surface area is 392 Å². The Morgan fingerprint density at radius 2 is 1.22 bits per heavy atom. The predicted molar refractivity (Wildman–Crippen MR) is 258 cm³/mol. The molecule has 0 bridgehead atoms. The Morgan fingerprint density at radius 1 is 0.582 bits per heavy atom. The van der Waals surface area contributed by atoms with E-state index in [1.807, 2.05) is 107 Å². The van der Waals surface area contributed by atoms with Crippen molar-refractivity contribution in [3.05, 3.63) is 192 Å². The predicted octanol–water partition coefficient (Wildman–Crippen LogP) is 11.7. The third-order valence-electron chi connectivity index (χ3n) is 13.4. The molecule has 2 unspecified atom stereocenters. The third-order valence-corrected chi connectivity index (χ3v) is 13.4. The van der Waals surface area contributed by atoms with E-state index in [2.05, 4.69) is 78.6 Å². The lowest BCUT2D eigenvalue weighted by Crippen LogP contribution is -2.46. The van der Waals surface area contributed by atoms with Crippen LogP contribution in [0.3, 0.4) is 0 Å². The van der Waals surface area contributed by atoms with Gasteiger partial charge in [-0.25, -0.2) is 0 Å². The molecule has 2 aromatic heterocycles. The Balaban J connectivity index is 0.754. The van der Waals surface area contributed by atoms with Gasteiger partial charge in [-0.3, -0.25) is 19.6 Å². The number of hydrogen-bond donors (Lipinski definition) is 0. The highest BCUT2D eigenvalue weighted by Crippen LogP contribution is 2.42. The Bertz CT molecular complexity index is 2780. The lowest BCUT2D eigenvalue weighted by molar-refractivity contribution is -0.150. The van der Waals surface area contributed by atoms with E-state index in [1.165, 1.54) is 11.1 Å². The largest absolute Gasteiger partial charge is 0.457 e. The minimum Gasteiger partial charge on any atom is -0.457 e. The number of rotatable bonds is 13. The van der Waals surface area contributed by atoms with Crippen LogP contribution in [0.25, 0.3) is 22.4 Å². The summed E-state index contributed by atoms with van der Waals surface area (Å²) in [4.78, 5) is 39.8. The Morgan fingerprint density at radius 3 is 1.94 bits per heavy atom. The molecule has 338 valence electrons. The number of ether oxygens (including phenoxy) is 4. The summed E-state index contributed by atoms with van der Waals surface area (Å²) in [5.74, 6) is 3.93. The third kappa shape index (κ3) is 10.3. The topological polar surface area (TPSA) is 103 Å². The summed E-state index contributed by atoms with van der Waals surface area (Å²) >= 11 is 0. The smallest absolute Gasteiger partial charge is 0.249 e.